The standard InChI is InChI=1S/C29H35N3O5/c1-19(2)37-22-10-7-20(8-11-22)17-32-27(33)26-14-21-9-12-23(35-4)15-25(21)31(26)18-29(32,3)28(34)30-16-24-6-5-13-36-24/h7-12,14-15,19,24H,5-6,13,16-18H2,1-4H3,(H,30,34)/t24-,29-/m1/s1. The maximum absolute atomic E-state index is 14.0. The molecule has 196 valence electrons. The lowest BCUT2D eigenvalue weighted by Gasteiger charge is -2.44. The number of aromatic nitrogens is 1. The minimum Gasteiger partial charge on any atom is -0.497 e. The molecule has 0 radical (unpaired) electrons. The Bertz CT molecular complexity index is 1290. The molecule has 2 amide bonds. The van der Waals surface area contributed by atoms with E-state index >= 15 is 0 Å². The van der Waals surface area contributed by atoms with E-state index < -0.39 is 5.54 Å². The highest BCUT2D eigenvalue weighted by Crippen LogP contribution is 2.35. The SMILES string of the molecule is COc1ccc2cc3n(c2c1)C[C@](C)(C(=O)NC[C@H]1CCCO1)N(Cc1ccc(OC(C)C)cc1)C3=O. The highest BCUT2D eigenvalue weighted by atomic mass is 16.5. The minimum absolute atomic E-state index is 0.0148. The van der Waals surface area contributed by atoms with Gasteiger partial charge in [0.2, 0.25) is 5.91 Å². The van der Waals surface area contributed by atoms with Crippen molar-refractivity contribution in [2.75, 3.05) is 20.3 Å². The number of methoxy groups -OCH3 is 1. The highest BCUT2D eigenvalue weighted by Gasteiger charge is 2.47. The Balaban J connectivity index is 1.49. The first-order valence-corrected chi connectivity index (χ1v) is 12.9. The molecule has 2 atom stereocenters. The maximum atomic E-state index is 14.0. The largest absolute Gasteiger partial charge is 0.497 e. The maximum Gasteiger partial charge on any atom is 0.271 e. The molecule has 1 fully saturated rings. The average molecular weight is 506 g/mol. The minimum atomic E-state index is -1.11. The van der Waals surface area contributed by atoms with Gasteiger partial charge in [-0.15, -0.1) is 0 Å². The van der Waals surface area contributed by atoms with Crippen LogP contribution in [0.3, 0.4) is 0 Å². The molecule has 1 N–H and O–H groups in total. The van der Waals surface area contributed by atoms with Gasteiger partial charge in [-0.2, -0.15) is 0 Å². The molecular weight excluding hydrogens is 470 g/mol. The van der Waals surface area contributed by atoms with Gasteiger partial charge in [-0.25, -0.2) is 0 Å². The monoisotopic (exact) mass is 505 g/mol. The second-order valence-corrected chi connectivity index (χ2v) is 10.4. The van der Waals surface area contributed by atoms with Crippen LogP contribution in [-0.4, -0.2) is 59.3 Å². The third kappa shape index (κ3) is 4.90. The first-order valence-electron chi connectivity index (χ1n) is 12.9. The number of benzene rings is 2. The summed E-state index contributed by atoms with van der Waals surface area (Å²) in [6.07, 6.45) is 2.02. The van der Waals surface area contributed by atoms with Gasteiger partial charge in [-0.05, 0) is 69.5 Å². The van der Waals surface area contributed by atoms with E-state index in [0.717, 1.165) is 41.7 Å². The average Bonchev–Trinajstić information content (AvgIpc) is 3.53. The van der Waals surface area contributed by atoms with E-state index in [0.29, 0.717) is 31.1 Å². The second-order valence-electron chi connectivity index (χ2n) is 10.4. The lowest BCUT2D eigenvalue weighted by Crippen LogP contribution is -2.64. The molecule has 1 aromatic heterocycles. The molecule has 3 aromatic rings. The van der Waals surface area contributed by atoms with Gasteiger partial charge in [-0.3, -0.25) is 9.59 Å². The van der Waals surface area contributed by atoms with E-state index in [1.807, 2.05) is 73.9 Å². The van der Waals surface area contributed by atoms with Crippen molar-refractivity contribution in [1.29, 1.82) is 0 Å². The molecule has 37 heavy (non-hydrogen) atoms. The van der Waals surface area contributed by atoms with E-state index in [-0.39, 0.29) is 24.0 Å². The fraction of sp³-hybridized carbons (Fsp3) is 0.448. The summed E-state index contributed by atoms with van der Waals surface area (Å²) in [5.41, 5.74) is 1.25. The quantitative estimate of drug-likeness (QED) is 0.498. The Morgan fingerprint density at radius 1 is 1.16 bits per heavy atom. The van der Waals surface area contributed by atoms with Gasteiger partial charge in [0, 0.05) is 31.1 Å². The molecule has 1 saturated heterocycles. The van der Waals surface area contributed by atoms with Gasteiger partial charge in [0.05, 0.1) is 31.4 Å². The van der Waals surface area contributed by atoms with Gasteiger partial charge in [-0.1, -0.05) is 12.1 Å². The smallest absolute Gasteiger partial charge is 0.271 e. The summed E-state index contributed by atoms with van der Waals surface area (Å²) < 4.78 is 18.8. The number of nitrogens with zero attached hydrogens (tertiary/aromatic N) is 2. The van der Waals surface area contributed by atoms with Crippen LogP contribution in [0.25, 0.3) is 10.9 Å². The van der Waals surface area contributed by atoms with Crippen LogP contribution in [0.1, 0.15) is 49.7 Å². The summed E-state index contributed by atoms with van der Waals surface area (Å²) in [5, 5.41) is 4.01. The third-order valence-electron chi connectivity index (χ3n) is 7.28. The van der Waals surface area contributed by atoms with Crippen LogP contribution in [0.15, 0.2) is 48.5 Å². The van der Waals surface area contributed by atoms with Crippen LogP contribution < -0.4 is 14.8 Å². The number of hydrogen-bond acceptors (Lipinski definition) is 5. The van der Waals surface area contributed by atoms with Crippen LogP contribution in [0.5, 0.6) is 11.5 Å². The number of ether oxygens (including phenoxy) is 3. The number of fused-ring (bicyclic) bond motifs is 3. The Labute approximate surface area is 217 Å². The summed E-state index contributed by atoms with van der Waals surface area (Å²) in [6, 6.07) is 15.3. The summed E-state index contributed by atoms with van der Waals surface area (Å²) in [4.78, 5) is 29.4. The topological polar surface area (TPSA) is 82.0 Å². The van der Waals surface area contributed by atoms with Gasteiger partial charge in [0.25, 0.3) is 5.91 Å². The van der Waals surface area contributed by atoms with Crippen LogP contribution in [-0.2, 0) is 22.6 Å². The fourth-order valence-corrected chi connectivity index (χ4v) is 5.24. The lowest BCUT2D eigenvalue weighted by atomic mass is 9.93. The van der Waals surface area contributed by atoms with Crippen molar-refractivity contribution in [2.45, 2.75) is 64.4 Å². The molecule has 0 saturated carbocycles. The Hall–Kier alpha value is -3.52. The van der Waals surface area contributed by atoms with Crippen molar-refractivity contribution in [3.63, 3.8) is 0 Å². The molecule has 0 spiro atoms. The second kappa shape index (κ2) is 10.1. The van der Waals surface area contributed by atoms with E-state index in [1.54, 1.807) is 12.0 Å². The van der Waals surface area contributed by atoms with Crippen molar-refractivity contribution in [2.24, 2.45) is 0 Å². The predicted octanol–water partition coefficient (Wildman–Crippen LogP) is 4.15. The molecule has 2 aliphatic rings. The Morgan fingerprint density at radius 2 is 1.92 bits per heavy atom. The number of nitrogens with one attached hydrogen (secondary N) is 1. The number of amides is 2. The van der Waals surface area contributed by atoms with Crippen LogP contribution in [0, 0.1) is 0 Å². The first-order chi connectivity index (χ1) is 17.8. The van der Waals surface area contributed by atoms with Crippen molar-refractivity contribution >= 4 is 22.7 Å². The summed E-state index contributed by atoms with van der Waals surface area (Å²) in [5.74, 6) is 1.11. The van der Waals surface area contributed by atoms with E-state index in [9.17, 15) is 9.59 Å². The Morgan fingerprint density at radius 3 is 2.59 bits per heavy atom. The number of carbonyl (C=O) groups excluding carboxylic acids is 2. The molecule has 8 heteroatoms. The molecule has 0 bridgehead atoms. The zero-order chi connectivity index (χ0) is 26.2. The number of hydrogen-bond donors (Lipinski definition) is 1. The summed E-state index contributed by atoms with van der Waals surface area (Å²) in [6.45, 7) is 7.60. The highest BCUT2D eigenvalue weighted by molar-refractivity contribution is 6.03. The van der Waals surface area contributed by atoms with Crippen LogP contribution >= 0.6 is 0 Å². The van der Waals surface area contributed by atoms with Gasteiger partial charge >= 0.3 is 0 Å². The van der Waals surface area contributed by atoms with Crippen molar-refractivity contribution in [3.05, 3.63) is 59.8 Å². The summed E-state index contributed by atoms with van der Waals surface area (Å²) >= 11 is 0. The van der Waals surface area contributed by atoms with Gasteiger partial charge in [0.15, 0.2) is 0 Å². The van der Waals surface area contributed by atoms with Crippen LogP contribution in [0.2, 0.25) is 0 Å². The molecule has 0 aliphatic carbocycles. The molecule has 0 unspecified atom stereocenters. The zero-order valence-corrected chi connectivity index (χ0v) is 22.0. The predicted molar refractivity (Wildman–Crippen MR) is 141 cm³/mol. The molecule has 8 nitrogen and oxygen atoms in total. The number of carbonyl (C=O) groups is 2. The van der Waals surface area contributed by atoms with Crippen molar-refractivity contribution < 1.29 is 23.8 Å². The van der Waals surface area contributed by atoms with Crippen LogP contribution in [0.4, 0.5) is 0 Å². The van der Waals surface area contributed by atoms with E-state index in [4.69, 9.17) is 14.2 Å². The normalized spacial score (nSPS) is 21.4. The number of rotatable bonds is 8. The van der Waals surface area contributed by atoms with Crippen molar-refractivity contribution in [3.8, 4) is 11.5 Å². The lowest BCUT2D eigenvalue weighted by molar-refractivity contribution is -0.133. The zero-order valence-electron chi connectivity index (χ0n) is 22.0. The van der Waals surface area contributed by atoms with Gasteiger partial charge in [0.1, 0.15) is 22.7 Å². The fourth-order valence-electron chi connectivity index (χ4n) is 5.24. The molecular formula is C29H35N3O5. The third-order valence-corrected chi connectivity index (χ3v) is 7.28. The van der Waals surface area contributed by atoms with Gasteiger partial charge < -0.3 is 29.0 Å². The van der Waals surface area contributed by atoms with Crippen molar-refractivity contribution in [1.82, 2.24) is 14.8 Å². The molecule has 5 rings (SSSR count). The molecule has 2 aliphatic heterocycles. The first kappa shape index (κ1) is 25.1. The van der Waals surface area contributed by atoms with E-state index in [2.05, 4.69) is 5.32 Å². The Kier molecular flexibility index (Phi) is 6.86. The summed E-state index contributed by atoms with van der Waals surface area (Å²) in [7, 11) is 1.62. The van der Waals surface area contributed by atoms with E-state index in [1.165, 1.54) is 0 Å². The molecule has 2 aromatic carbocycles. The molecule has 3 heterocycles.